The van der Waals surface area contributed by atoms with Crippen LogP contribution in [0.2, 0.25) is 5.02 Å². The van der Waals surface area contributed by atoms with Gasteiger partial charge < -0.3 is 4.74 Å². The topological polar surface area (TPSA) is 33.0 Å². The third kappa shape index (κ3) is 2.37. The van der Waals surface area contributed by atoms with Gasteiger partial charge in [0.05, 0.1) is 0 Å². The van der Waals surface area contributed by atoms with Gasteiger partial charge in [0.25, 0.3) is 0 Å². The summed E-state index contributed by atoms with van der Waals surface area (Å²) in [5.74, 6) is 0.780. The predicted molar refractivity (Wildman–Crippen MR) is 62.8 cm³/mol. The molecule has 2 rings (SSSR count). The molecule has 2 nitrogen and oxygen atoms in total. The summed E-state index contributed by atoms with van der Waals surface area (Å²) in [5, 5.41) is 9.56. The zero-order valence-corrected chi connectivity index (χ0v) is 9.74. The molecule has 0 aromatic heterocycles. The van der Waals surface area contributed by atoms with E-state index in [1.54, 1.807) is 0 Å². The molecule has 0 unspecified atom stereocenters. The average molecular weight is 234 g/mol. The molecule has 0 radical (unpaired) electrons. The maximum absolute atomic E-state index is 8.85. The Hall–Kier alpha value is -1.46. The van der Waals surface area contributed by atoms with Crippen LogP contribution in [0.15, 0.2) is 36.1 Å². The Morgan fingerprint density at radius 3 is 2.69 bits per heavy atom. The van der Waals surface area contributed by atoms with Crippen molar-refractivity contribution in [3.05, 3.63) is 46.7 Å². The third-order valence-electron chi connectivity index (χ3n) is 2.64. The number of ether oxygens (including phenoxy) is 1. The lowest BCUT2D eigenvalue weighted by molar-refractivity contribution is 0.0923. The Morgan fingerprint density at radius 1 is 1.38 bits per heavy atom. The molecule has 1 aromatic carbocycles. The van der Waals surface area contributed by atoms with Gasteiger partial charge in [0.1, 0.15) is 12.2 Å². The Labute approximate surface area is 100 Å². The van der Waals surface area contributed by atoms with E-state index >= 15 is 0 Å². The fourth-order valence-corrected chi connectivity index (χ4v) is 1.98. The van der Waals surface area contributed by atoms with Gasteiger partial charge in [-0.1, -0.05) is 30.7 Å². The fourth-order valence-electron chi connectivity index (χ4n) is 1.85. The number of nitriles is 1. The second kappa shape index (κ2) is 4.59. The lowest BCUT2D eigenvalue weighted by atomic mass is 9.95. The van der Waals surface area contributed by atoms with Crippen LogP contribution in [0.3, 0.4) is 0 Å². The standard InChI is InChI=1S/C13H12ClNO/c1-9-6-12(8-15)16-13(7-9)10-2-4-11(14)5-3-10/h2-6,9,13H,7H2,1H3/t9-,13-/m1/s1. The van der Waals surface area contributed by atoms with Gasteiger partial charge in [-0.3, -0.25) is 0 Å². The van der Waals surface area contributed by atoms with Gasteiger partial charge in [0.15, 0.2) is 5.76 Å². The largest absolute Gasteiger partial charge is 0.476 e. The van der Waals surface area contributed by atoms with Gasteiger partial charge in [-0.15, -0.1) is 0 Å². The second-order valence-corrected chi connectivity index (χ2v) is 4.45. The molecule has 0 amide bonds. The maximum Gasteiger partial charge on any atom is 0.193 e. The van der Waals surface area contributed by atoms with Gasteiger partial charge in [-0.25, -0.2) is 0 Å². The van der Waals surface area contributed by atoms with Crippen LogP contribution in [-0.2, 0) is 4.74 Å². The average Bonchev–Trinajstić information content (AvgIpc) is 2.29. The fraction of sp³-hybridized carbons (Fsp3) is 0.308. The van der Waals surface area contributed by atoms with E-state index in [2.05, 4.69) is 13.0 Å². The monoisotopic (exact) mass is 233 g/mol. The van der Waals surface area contributed by atoms with Crippen molar-refractivity contribution in [3.63, 3.8) is 0 Å². The van der Waals surface area contributed by atoms with Crippen LogP contribution < -0.4 is 0 Å². The molecule has 82 valence electrons. The summed E-state index contributed by atoms with van der Waals surface area (Å²) >= 11 is 5.83. The highest BCUT2D eigenvalue weighted by Gasteiger charge is 2.22. The van der Waals surface area contributed by atoms with Gasteiger partial charge >= 0.3 is 0 Å². The minimum absolute atomic E-state index is 0.0353. The van der Waals surface area contributed by atoms with Crippen LogP contribution in [0.4, 0.5) is 0 Å². The molecule has 3 heteroatoms. The first-order valence-electron chi connectivity index (χ1n) is 5.23. The van der Waals surface area contributed by atoms with Crippen molar-refractivity contribution in [2.45, 2.75) is 19.4 Å². The van der Waals surface area contributed by atoms with Crippen molar-refractivity contribution >= 4 is 11.6 Å². The van der Waals surface area contributed by atoms with Crippen molar-refractivity contribution in [2.75, 3.05) is 0 Å². The van der Waals surface area contributed by atoms with E-state index in [0.29, 0.717) is 16.7 Å². The highest BCUT2D eigenvalue weighted by atomic mass is 35.5. The number of benzene rings is 1. The third-order valence-corrected chi connectivity index (χ3v) is 2.89. The first-order valence-corrected chi connectivity index (χ1v) is 5.61. The van der Waals surface area contributed by atoms with E-state index in [1.807, 2.05) is 30.3 Å². The lowest BCUT2D eigenvalue weighted by Gasteiger charge is -2.25. The number of rotatable bonds is 1. The highest BCUT2D eigenvalue weighted by Crippen LogP contribution is 2.33. The Kier molecular flexibility index (Phi) is 3.17. The van der Waals surface area contributed by atoms with Gasteiger partial charge in [0, 0.05) is 5.02 Å². The number of allylic oxidation sites excluding steroid dienone is 2. The number of hydrogen-bond acceptors (Lipinski definition) is 2. The zero-order chi connectivity index (χ0) is 11.5. The van der Waals surface area contributed by atoms with Gasteiger partial charge in [-0.2, -0.15) is 5.26 Å². The minimum atomic E-state index is -0.0353. The molecule has 0 saturated carbocycles. The maximum atomic E-state index is 8.85. The van der Waals surface area contributed by atoms with Crippen LogP contribution in [-0.4, -0.2) is 0 Å². The Morgan fingerprint density at radius 2 is 2.06 bits per heavy atom. The van der Waals surface area contributed by atoms with Crippen LogP contribution in [0.25, 0.3) is 0 Å². The molecule has 0 spiro atoms. The summed E-state index contributed by atoms with van der Waals surface area (Å²) in [6, 6.07) is 9.63. The molecule has 16 heavy (non-hydrogen) atoms. The quantitative estimate of drug-likeness (QED) is 0.738. The summed E-state index contributed by atoms with van der Waals surface area (Å²) in [7, 11) is 0. The van der Waals surface area contributed by atoms with Crippen molar-refractivity contribution in [3.8, 4) is 6.07 Å². The molecular formula is C13H12ClNO. The van der Waals surface area contributed by atoms with Crippen molar-refractivity contribution in [2.24, 2.45) is 5.92 Å². The van der Waals surface area contributed by atoms with Crippen molar-refractivity contribution < 1.29 is 4.74 Å². The molecule has 0 bridgehead atoms. The highest BCUT2D eigenvalue weighted by molar-refractivity contribution is 6.30. The summed E-state index contributed by atoms with van der Waals surface area (Å²) in [6.07, 6.45) is 2.73. The van der Waals surface area contributed by atoms with Crippen LogP contribution >= 0.6 is 11.6 Å². The van der Waals surface area contributed by atoms with E-state index < -0.39 is 0 Å². The number of nitrogens with zero attached hydrogens (tertiary/aromatic N) is 1. The first-order chi connectivity index (χ1) is 7.69. The Balaban J connectivity index is 2.21. The van der Waals surface area contributed by atoms with E-state index in [-0.39, 0.29) is 6.10 Å². The molecule has 0 saturated heterocycles. The van der Waals surface area contributed by atoms with Gasteiger partial charge in [-0.05, 0) is 36.1 Å². The number of hydrogen-bond donors (Lipinski definition) is 0. The zero-order valence-electron chi connectivity index (χ0n) is 8.98. The van der Waals surface area contributed by atoms with Crippen LogP contribution in [0.5, 0.6) is 0 Å². The normalized spacial score (nSPS) is 24.2. The molecule has 1 aliphatic rings. The van der Waals surface area contributed by atoms with E-state index in [1.165, 1.54) is 0 Å². The van der Waals surface area contributed by atoms with Crippen LogP contribution in [0.1, 0.15) is 25.0 Å². The molecule has 0 aliphatic carbocycles. The summed E-state index contributed by atoms with van der Waals surface area (Å²) in [4.78, 5) is 0. The molecule has 1 heterocycles. The van der Waals surface area contributed by atoms with Crippen molar-refractivity contribution in [1.29, 1.82) is 5.26 Å². The minimum Gasteiger partial charge on any atom is -0.476 e. The van der Waals surface area contributed by atoms with Crippen molar-refractivity contribution in [1.82, 2.24) is 0 Å². The Bertz CT molecular complexity index is 444. The van der Waals surface area contributed by atoms with E-state index in [9.17, 15) is 0 Å². The smallest absolute Gasteiger partial charge is 0.193 e. The number of halogens is 1. The lowest BCUT2D eigenvalue weighted by Crippen LogP contribution is -2.13. The SMILES string of the molecule is C[C@@H]1C=C(C#N)O[C@@H](c2ccc(Cl)cc2)C1. The summed E-state index contributed by atoms with van der Waals surface area (Å²) < 4.78 is 5.59. The molecule has 2 atom stereocenters. The second-order valence-electron chi connectivity index (χ2n) is 4.01. The van der Waals surface area contributed by atoms with Gasteiger partial charge in [0.2, 0.25) is 0 Å². The molecule has 1 aromatic rings. The summed E-state index contributed by atoms with van der Waals surface area (Å²) in [6.45, 7) is 2.09. The predicted octanol–water partition coefficient (Wildman–Crippen LogP) is 3.84. The molecular weight excluding hydrogens is 222 g/mol. The summed E-state index contributed by atoms with van der Waals surface area (Å²) in [5.41, 5.74) is 1.07. The van der Waals surface area contributed by atoms with E-state index in [0.717, 1.165) is 12.0 Å². The van der Waals surface area contributed by atoms with E-state index in [4.69, 9.17) is 21.6 Å². The molecule has 0 N–H and O–H groups in total. The molecule has 1 aliphatic heterocycles. The first kappa shape index (κ1) is 11.0. The van der Waals surface area contributed by atoms with Crippen LogP contribution in [0, 0.1) is 17.2 Å². The molecule has 0 fully saturated rings.